The lowest BCUT2D eigenvalue weighted by molar-refractivity contribution is 0.180. The van der Waals surface area contributed by atoms with Crippen molar-refractivity contribution in [3.8, 4) is 0 Å². The van der Waals surface area contributed by atoms with E-state index in [0.717, 1.165) is 24.5 Å². The number of rotatable bonds is 7. The average Bonchev–Trinajstić information content (AvgIpc) is 2.00. The second-order valence-corrected chi connectivity index (χ2v) is 5.63. The van der Waals surface area contributed by atoms with Crippen molar-refractivity contribution in [3.63, 3.8) is 0 Å². The Balaban J connectivity index is 3.25. The van der Waals surface area contributed by atoms with Gasteiger partial charge in [0.2, 0.25) is 0 Å². The smallest absolute Gasteiger partial charge is 0.0630 e. The normalized spacial score (nSPS) is 14.1. The molecule has 0 heterocycles. The Hall–Kier alpha value is 0.310. The first kappa shape index (κ1) is 13.3. The molecule has 0 fully saturated rings. The molecule has 0 aromatic rings. The van der Waals surface area contributed by atoms with Crippen molar-refractivity contribution in [2.75, 3.05) is 11.5 Å². The van der Waals surface area contributed by atoms with Gasteiger partial charge in [-0.1, -0.05) is 27.7 Å². The Kier molecular flexibility index (Phi) is 7.87. The lowest BCUT2D eigenvalue weighted by atomic mass is 10.1. The maximum absolute atomic E-state index is 9.59. The van der Waals surface area contributed by atoms with Crippen molar-refractivity contribution in [1.29, 1.82) is 0 Å². The summed E-state index contributed by atoms with van der Waals surface area (Å²) >= 11 is 1.87. The van der Waals surface area contributed by atoms with Gasteiger partial charge in [0, 0.05) is 5.75 Å². The minimum absolute atomic E-state index is 0.0915. The molecule has 0 saturated heterocycles. The second-order valence-electron chi connectivity index (χ2n) is 4.56. The molecule has 80 valence electrons. The Labute approximate surface area is 87.3 Å². The van der Waals surface area contributed by atoms with Crippen LogP contribution in [0.25, 0.3) is 0 Å². The van der Waals surface area contributed by atoms with Crippen LogP contribution in [0.4, 0.5) is 0 Å². The van der Waals surface area contributed by atoms with Gasteiger partial charge in [-0.3, -0.25) is 0 Å². The molecule has 0 aliphatic rings. The fourth-order valence-electron chi connectivity index (χ4n) is 1.05. The third-order valence-corrected chi connectivity index (χ3v) is 3.36. The molecule has 0 spiro atoms. The van der Waals surface area contributed by atoms with E-state index in [-0.39, 0.29) is 6.10 Å². The van der Waals surface area contributed by atoms with E-state index in [4.69, 9.17) is 0 Å². The van der Waals surface area contributed by atoms with E-state index in [1.807, 2.05) is 11.8 Å². The van der Waals surface area contributed by atoms with Crippen LogP contribution in [0.15, 0.2) is 0 Å². The molecule has 1 atom stereocenters. The van der Waals surface area contributed by atoms with Crippen molar-refractivity contribution in [2.45, 2.75) is 46.6 Å². The van der Waals surface area contributed by atoms with Gasteiger partial charge in [0.1, 0.15) is 0 Å². The van der Waals surface area contributed by atoms with Gasteiger partial charge < -0.3 is 5.11 Å². The summed E-state index contributed by atoms with van der Waals surface area (Å²) in [5.74, 6) is 3.52. The molecule has 0 aromatic heterocycles. The van der Waals surface area contributed by atoms with Crippen molar-refractivity contribution in [2.24, 2.45) is 11.8 Å². The Morgan fingerprint density at radius 3 is 2.00 bits per heavy atom. The summed E-state index contributed by atoms with van der Waals surface area (Å²) in [6, 6.07) is 0. The highest BCUT2D eigenvalue weighted by molar-refractivity contribution is 7.99. The van der Waals surface area contributed by atoms with Gasteiger partial charge in [-0.25, -0.2) is 0 Å². The van der Waals surface area contributed by atoms with Crippen LogP contribution in [0.5, 0.6) is 0 Å². The van der Waals surface area contributed by atoms with E-state index >= 15 is 0 Å². The van der Waals surface area contributed by atoms with Crippen LogP contribution in [-0.4, -0.2) is 22.7 Å². The van der Waals surface area contributed by atoms with Crippen molar-refractivity contribution >= 4 is 11.8 Å². The molecule has 1 N–H and O–H groups in total. The molecule has 2 heteroatoms. The fraction of sp³-hybridized carbons (Fsp3) is 1.00. The van der Waals surface area contributed by atoms with E-state index in [1.165, 1.54) is 5.75 Å². The molecule has 1 nitrogen and oxygen atoms in total. The van der Waals surface area contributed by atoms with Crippen LogP contribution in [0, 0.1) is 11.8 Å². The number of aliphatic hydroxyl groups is 1. The highest BCUT2D eigenvalue weighted by atomic mass is 32.2. The maximum atomic E-state index is 9.59. The molecule has 0 amide bonds. The molecule has 1 unspecified atom stereocenters. The summed E-state index contributed by atoms with van der Waals surface area (Å²) in [6.07, 6.45) is 2.01. The minimum Gasteiger partial charge on any atom is -0.392 e. The molecule has 0 radical (unpaired) electrons. The predicted octanol–water partition coefficient (Wildman–Crippen LogP) is 3.17. The molecule has 0 aliphatic heterocycles. The largest absolute Gasteiger partial charge is 0.392 e. The van der Waals surface area contributed by atoms with Gasteiger partial charge >= 0.3 is 0 Å². The molecule has 13 heavy (non-hydrogen) atoms. The first-order valence-electron chi connectivity index (χ1n) is 5.28. The second kappa shape index (κ2) is 7.69. The molecular weight excluding hydrogens is 180 g/mol. The molecule has 0 aromatic carbocycles. The molecule has 0 aliphatic carbocycles. The summed E-state index contributed by atoms with van der Waals surface area (Å²) in [5.41, 5.74) is 0. The third kappa shape index (κ3) is 10.2. The first-order chi connectivity index (χ1) is 6.02. The summed E-state index contributed by atoms with van der Waals surface area (Å²) in [4.78, 5) is 0. The maximum Gasteiger partial charge on any atom is 0.0630 e. The zero-order chi connectivity index (χ0) is 10.3. The van der Waals surface area contributed by atoms with E-state index in [0.29, 0.717) is 5.92 Å². The molecule has 0 saturated carbocycles. The fourth-order valence-corrected chi connectivity index (χ4v) is 2.10. The third-order valence-electron chi connectivity index (χ3n) is 1.84. The minimum atomic E-state index is -0.0915. The zero-order valence-electron chi connectivity index (χ0n) is 9.42. The number of aliphatic hydroxyl groups excluding tert-OH is 1. The highest BCUT2D eigenvalue weighted by Gasteiger charge is 2.05. The first-order valence-corrected chi connectivity index (χ1v) is 6.43. The highest BCUT2D eigenvalue weighted by Crippen LogP contribution is 2.13. The lowest BCUT2D eigenvalue weighted by Crippen LogP contribution is -2.12. The van der Waals surface area contributed by atoms with Gasteiger partial charge in [0.25, 0.3) is 0 Å². The monoisotopic (exact) mass is 204 g/mol. The Morgan fingerprint density at radius 2 is 1.54 bits per heavy atom. The average molecular weight is 204 g/mol. The Morgan fingerprint density at radius 1 is 0.923 bits per heavy atom. The van der Waals surface area contributed by atoms with Crippen LogP contribution < -0.4 is 0 Å². The van der Waals surface area contributed by atoms with Crippen LogP contribution in [0.2, 0.25) is 0 Å². The number of thioether (sulfide) groups is 1. The summed E-state index contributed by atoms with van der Waals surface area (Å²) in [7, 11) is 0. The van der Waals surface area contributed by atoms with E-state index < -0.39 is 0 Å². The van der Waals surface area contributed by atoms with E-state index in [9.17, 15) is 5.11 Å². The van der Waals surface area contributed by atoms with Crippen LogP contribution in [-0.2, 0) is 0 Å². The predicted molar refractivity (Wildman–Crippen MR) is 62.2 cm³/mol. The van der Waals surface area contributed by atoms with Gasteiger partial charge in [0.05, 0.1) is 6.10 Å². The van der Waals surface area contributed by atoms with Gasteiger partial charge in [-0.15, -0.1) is 0 Å². The van der Waals surface area contributed by atoms with Crippen molar-refractivity contribution in [1.82, 2.24) is 0 Å². The summed E-state index contributed by atoms with van der Waals surface area (Å²) in [6.45, 7) is 8.84. The molecular formula is C11H24OS. The summed E-state index contributed by atoms with van der Waals surface area (Å²) < 4.78 is 0. The standard InChI is InChI=1S/C11H24OS/c1-9(2)5-6-11(12)8-13-7-10(3)4/h9-12H,5-8H2,1-4H3. The summed E-state index contributed by atoms with van der Waals surface area (Å²) in [5, 5.41) is 9.59. The quantitative estimate of drug-likeness (QED) is 0.687. The van der Waals surface area contributed by atoms with E-state index in [1.54, 1.807) is 0 Å². The van der Waals surface area contributed by atoms with Crippen LogP contribution in [0.1, 0.15) is 40.5 Å². The van der Waals surface area contributed by atoms with Crippen LogP contribution in [0.3, 0.4) is 0 Å². The van der Waals surface area contributed by atoms with Crippen molar-refractivity contribution < 1.29 is 5.11 Å². The van der Waals surface area contributed by atoms with Gasteiger partial charge in [0.15, 0.2) is 0 Å². The topological polar surface area (TPSA) is 20.2 Å². The number of hydrogen-bond acceptors (Lipinski definition) is 2. The van der Waals surface area contributed by atoms with Gasteiger partial charge in [-0.05, 0) is 30.4 Å². The SMILES string of the molecule is CC(C)CCC(O)CSCC(C)C. The molecule has 0 bridgehead atoms. The zero-order valence-corrected chi connectivity index (χ0v) is 10.2. The number of hydrogen-bond donors (Lipinski definition) is 1. The molecule has 0 rings (SSSR count). The van der Waals surface area contributed by atoms with E-state index in [2.05, 4.69) is 27.7 Å². The van der Waals surface area contributed by atoms with Crippen LogP contribution >= 0.6 is 11.8 Å². The lowest BCUT2D eigenvalue weighted by Gasteiger charge is -2.12. The van der Waals surface area contributed by atoms with Gasteiger partial charge in [-0.2, -0.15) is 11.8 Å². The Bertz CT molecular complexity index is 113. The van der Waals surface area contributed by atoms with Crippen molar-refractivity contribution in [3.05, 3.63) is 0 Å².